The van der Waals surface area contributed by atoms with Crippen molar-refractivity contribution in [3.63, 3.8) is 0 Å². The van der Waals surface area contributed by atoms with Crippen molar-refractivity contribution < 1.29 is 4.43 Å². The highest BCUT2D eigenvalue weighted by Gasteiger charge is 2.41. The summed E-state index contributed by atoms with van der Waals surface area (Å²) in [6.07, 6.45) is 5.41. The van der Waals surface area contributed by atoms with Crippen LogP contribution < -0.4 is 0 Å². The van der Waals surface area contributed by atoms with Crippen molar-refractivity contribution in [1.29, 1.82) is 0 Å². The second-order valence-electron chi connectivity index (χ2n) is 6.28. The number of hydrogen-bond donors (Lipinski definition) is 0. The van der Waals surface area contributed by atoms with Gasteiger partial charge in [0.25, 0.3) is 0 Å². The molecule has 0 radical (unpaired) electrons. The summed E-state index contributed by atoms with van der Waals surface area (Å²) in [5.41, 5.74) is 1.40. The Hall–Kier alpha value is 0.467. The van der Waals surface area contributed by atoms with E-state index < -0.39 is 8.32 Å². The Morgan fingerprint density at radius 2 is 1.33 bits per heavy atom. The summed E-state index contributed by atoms with van der Waals surface area (Å²) in [4.78, 5) is 0. The maximum atomic E-state index is 6.48. The minimum Gasteiger partial charge on any atom is -0.414 e. The number of halogens is 1. The summed E-state index contributed by atoms with van der Waals surface area (Å²) in [5, 5.41) is 0. The zero-order chi connectivity index (χ0) is 14.2. The molecule has 1 nitrogen and oxygen atoms in total. The molecule has 0 bridgehead atoms. The van der Waals surface area contributed by atoms with Gasteiger partial charge in [-0.05, 0) is 37.4 Å². The molecule has 3 heteroatoms. The standard InChI is InChI=1S/C15H33ClOSi/c1-13(2)17-18(14(3)4,15(5)6)12-10-8-7-9-11-16/h13-15H,7-12H2,1-6H3. The van der Waals surface area contributed by atoms with Crippen LogP contribution in [0.25, 0.3) is 0 Å². The zero-order valence-electron chi connectivity index (χ0n) is 13.3. The summed E-state index contributed by atoms with van der Waals surface area (Å²) in [7, 11) is -1.61. The average Bonchev–Trinajstić information content (AvgIpc) is 2.25. The van der Waals surface area contributed by atoms with E-state index in [9.17, 15) is 0 Å². The lowest BCUT2D eigenvalue weighted by Gasteiger charge is -2.40. The van der Waals surface area contributed by atoms with Crippen LogP contribution in [0.2, 0.25) is 17.1 Å². The number of rotatable bonds is 10. The molecular weight excluding hydrogens is 260 g/mol. The van der Waals surface area contributed by atoms with Crippen LogP contribution in [0.1, 0.15) is 67.2 Å². The lowest BCUT2D eigenvalue weighted by atomic mass is 10.2. The van der Waals surface area contributed by atoms with Crippen LogP contribution in [-0.4, -0.2) is 20.3 Å². The first-order valence-corrected chi connectivity index (χ1v) is 10.4. The Morgan fingerprint density at radius 1 is 0.833 bits per heavy atom. The summed E-state index contributed by atoms with van der Waals surface area (Å²) >= 11 is 5.72. The molecule has 0 unspecified atom stereocenters. The third-order valence-electron chi connectivity index (χ3n) is 3.86. The van der Waals surface area contributed by atoms with E-state index in [4.69, 9.17) is 16.0 Å². The Labute approximate surface area is 121 Å². The molecule has 0 rings (SSSR count). The molecule has 0 aliphatic carbocycles. The molecule has 0 aliphatic rings. The SMILES string of the molecule is CC(C)O[Si](CCCCCCCl)(C(C)C)C(C)C. The highest BCUT2D eigenvalue weighted by Crippen LogP contribution is 2.39. The molecule has 0 fully saturated rings. The van der Waals surface area contributed by atoms with Crippen molar-refractivity contribution in [1.82, 2.24) is 0 Å². The van der Waals surface area contributed by atoms with Crippen LogP contribution >= 0.6 is 11.6 Å². The van der Waals surface area contributed by atoms with Crippen LogP contribution in [0.3, 0.4) is 0 Å². The van der Waals surface area contributed by atoms with Gasteiger partial charge in [0.05, 0.1) is 0 Å². The van der Waals surface area contributed by atoms with Gasteiger partial charge in [0.2, 0.25) is 0 Å². The van der Waals surface area contributed by atoms with Gasteiger partial charge in [-0.3, -0.25) is 0 Å². The topological polar surface area (TPSA) is 9.23 Å². The van der Waals surface area contributed by atoms with Crippen molar-refractivity contribution in [3.05, 3.63) is 0 Å². The monoisotopic (exact) mass is 292 g/mol. The van der Waals surface area contributed by atoms with Crippen molar-refractivity contribution in [2.24, 2.45) is 0 Å². The molecule has 0 saturated heterocycles. The van der Waals surface area contributed by atoms with Gasteiger partial charge in [-0.25, -0.2) is 0 Å². The van der Waals surface area contributed by atoms with E-state index in [1.807, 2.05) is 0 Å². The highest BCUT2D eigenvalue weighted by atomic mass is 35.5. The molecule has 110 valence electrons. The molecule has 0 N–H and O–H groups in total. The fourth-order valence-corrected chi connectivity index (χ4v) is 7.88. The van der Waals surface area contributed by atoms with E-state index in [1.165, 1.54) is 25.3 Å². The molecule has 18 heavy (non-hydrogen) atoms. The van der Waals surface area contributed by atoms with E-state index in [0.29, 0.717) is 17.2 Å². The normalized spacial score (nSPS) is 13.0. The fourth-order valence-electron chi connectivity index (χ4n) is 2.86. The summed E-state index contributed by atoms with van der Waals surface area (Å²) in [5.74, 6) is 0.805. The van der Waals surface area contributed by atoms with Crippen LogP contribution in [0.5, 0.6) is 0 Å². The van der Waals surface area contributed by atoms with Gasteiger partial charge in [0, 0.05) is 12.0 Å². The van der Waals surface area contributed by atoms with Gasteiger partial charge in [0.15, 0.2) is 8.32 Å². The number of hydrogen-bond acceptors (Lipinski definition) is 1. The second kappa shape index (κ2) is 9.38. The first kappa shape index (κ1) is 18.5. The maximum Gasteiger partial charge on any atom is 0.198 e. The van der Waals surface area contributed by atoms with Crippen LogP contribution in [-0.2, 0) is 4.43 Å². The Morgan fingerprint density at radius 3 is 1.72 bits per heavy atom. The maximum absolute atomic E-state index is 6.48. The van der Waals surface area contributed by atoms with Crippen molar-refractivity contribution in [2.45, 2.75) is 90.5 Å². The Kier molecular flexibility index (Phi) is 9.63. The van der Waals surface area contributed by atoms with Gasteiger partial charge in [-0.15, -0.1) is 11.6 Å². The Balaban J connectivity index is 4.44. The lowest BCUT2D eigenvalue weighted by Crippen LogP contribution is -2.46. The molecule has 0 aromatic carbocycles. The van der Waals surface area contributed by atoms with Crippen molar-refractivity contribution in [2.75, 3.05) is 5.88 Å². The first-order valence-electron chi connectivity index (χ1n) is 7.60. The smallest absolute Gasteiger partial charge is 0.198 e. The van der Waals surface area contributed by atoms with Gasteiger partial charge in [-0.2, -0.15) is 0 Å². The molecule has 0 heterocycles. The third kappa shape index (κ3) is 6.07. The van der Waals surface area contributed by atoms with E-state index in [2.05, 4.69) is 41.5 Å². The quantitative estimate of drug-likeness (QED) is 0.273. The highest BCUT2D eigenvalue weighted by molar-refractivity contribution is 6.76. The number of unbranched alkanes of at least 4 members (excludes halogenated alkanes) is 3. The van der Waals surface area contributed by atoms with E-state index >= 15 is 0 Å². The van der Waals surface area contributed by atoms with Gasteiger partial charge >= 0.3 is 0 Å². The number of alkyl halides is 1. The molecule has 0 aromatic rings. The lowest BCUT2D eigenvalue weighted by molar-refractivity contribution is 0.213. The Bertz CT molecular complexity index is 197. The first-order chi connectivity index (χ1) is 8.36. The fraction of sp³-hybridized carbons (Fsp3) is 1.00. The van der Waals surface area contributed by atoms with Gasteiger partial charge in [0.1, 0.15) is 0 Å². The van der Waals surface area contributed by atoms with Gasteiger partial charge in [-0.1, -0.05) is 47.0 Å². The largest absolute Gasteiger partial charge is 0.414 e. The van der Waals surface area contributed by atoms with E-state index in [-0.39, 0.29) is 0 Å². The molecule has 0 saturated carbocycles. The third-order valence-corrected chi connectivity index (χ3v) is 10.1. The van der Waals surface area contributed by atoms with E-state index in [1.54, 1.807) is 0 Å². The van der Waals surface area contributed by atoms with Gasteiger partial charge < -0.3 is 4.43 Å². The molecular formula is C15H33ClOSi. The van der Waals surface area contributed by atoms with Crippen molar-refractivity contribution >= 4 is 19.9 Å². The minimum absolute atomic E-state index is 0.365. The van der Waals surface area contributed by atoms with E-state index in [0.717, 1.165) is 12.3 Å². The molecule has 0 spiro atoms. The predicted molar refractivity (Wildman–Crippen MR) is 86.2 cm³/mol. The van der Waals surface area contributed by atoms with Crippen LogP contribution in [0.4, 0.5) is 0 Å². The average molecular weight is 293 g/mol. The molecule has 0 aromatic heterocycles. The summed E-state index contributed by atoms with van der Waals surface area (Å²) in [6.45, 7) is 13.8. The predicted octanol–water partition coefficient (Wildman–Crippen LogP) is 5.98. The molecule has 0 aliphatic heterocycles. The molecule has 0 atom stereocenters. The summed E-state index contributed by atoms with van der Waals surface area (Å²) in [6, 6.07) is 1.31. The second-order valence-corrected chi connectivity index (χ2v) is 11.6. The zero-order valence-corrected chi connectivity index (χ0v) is 15.0. The minimum atomic E-state index is -1.61. The molecule has 0 amide bonds. The van der Waals surface area contributed by atoms with Crippen LogP contribution in [0.15, 0.2) is 0 Å². The van der Waals surface area contributed by atoms with Crippen LogP contribution in [0, 0.1) is 0 Å². The summed E-state index contributed by atoms with van der Waals surface area (Å²) < 4.78 is 6.48. The van der Waals surface area contributed by atoms with Crippen molar-refractivity contribution in [3.8, 4) is 0 Å².